The third-order valence-electron chi connectivity index (χ3n) is 2.08. The van der Waals surface area contributed by atoms with Gasteiger partial charge in [0.2, 0.25) is 0 Å². The Labute approximate surface area is 90.3 Å². The van der Waals surface area contributed by atoms with Crippen LogP contribution >= 0.6 is 0 Å². The van der Waals surface area contributed by atoms with Crippen molar-refractivity contribution in [2.75, 3.05) is 26.2 Å². The minimum Gasteiger partial charge on any atom is -0.338 e. The highest BCUT2D eigenvalue weighted by Crippen LogP contribution is 1.91. The van der Waals surface area contributed by atoms with E-state index in [1.807, 2.05) is 13.8 Å². The summed E-state index contributed by atoms with van der Waals surface area (Å²) in [6.07, 6.45) is 1.65. The summed E-state index contributed by atoms with van der Waals surface area (Å²) in [5, 5.41) is 6.23. The summed E-state index contributed by atoms with van der Waals surface area (Å²) in [6, 6.07) is -0.0243. The van der Waals surface area contributed by atoms with Crippen LogP contribution in [0.4, 0.5) is 4.79 Å². The monoisotopic (exact) mass is 213 g/mol. The number of hydrogen-bond donors (Lipinski definition) is 1. The molecule has 0 rings (SSSR count). The number of nitrogens with one attached hydrogen (secondary N) is 1. The lowest BCUT2D eigenvalue weighted by Gasteiger charge is -2.18. The molecule has 0 radical (unpaired) electrons. The van der Waals surface area contributed by atoms with E-state index in [1.54, 1.807) is 4.90 Å². The molecule has 0 unspecified atom stereocenters. The fourth-order valence-corrected chi connectivity index (χ4v) is 1.17. The average molecular weight is 213 g/mol. The maximum Gasteiger partial charge on any atom is 0.317 e. The molecule has 0 aromatic heterocycles. The predicted octanol–water partition coefficient (Wildman–Crippen LogP) is 2.13. The van der Waals surface area contributed by atoms with Crippen molar-refractivity contribution in [3.63, 3.8) is 0 Å². The first-order valence-electron chi connectivity index (χ1n) is 5.29. The highest BCUT2D eigenvalue weighted by molar-refractivity contribution is 5.73. The maximum atomic E-state index is 11.4. The van der Waals surface area contributed by atoms with Crippen molar-refractivity contribution in [2.24, 2.45) is 5.11 Å². The second-order valence-electron chi connectivity index (χ2n) is 3.07. The number of urea groups is 1. The van der Waals surface area contributed by atoms with E-state index in [-0.39, 0.29) is 6.03 Å². The fraction of sp³-hybridized carbons (Fsp3) is 0.889. The molecule has 0 aliphatic heterocycles. The van der Waals surface area contributed by atoms with Crippen LogP contribution in [-0.2, 0) is 0 Å². The molecule has 0 aliphatic carbocycles. The number of hydrogen-bond acceptors (Lipinski definition) is 2. The number of carbonyl (C=O) groups excluding carboxylic acids is 1. The van der Waals surface area contributed by atoms with Gasteiger partial charge in [0.1, 0.15) is 0 Å². The quantitative estimate of drug-likeness (QED) is 0.299. The highest BCUT2D eigenvalue weighted by Gasteiger charge is 2.06. The lowest BCUT2D eigenvalue weighted by molar-refractivity contribution is 0.203. The summed E-state index contributed by atoms with van der Waals surface area (Å²) < 4.78 is 0. The van der Waals surface area contributed by atoms with E-state index in [2.05, 4.69) is 15.3 Å². The number of nitrogens with zero attached hydrogens (tertiary/aromatic N) is 4. The van der Waals surface area contributed by atoms with Crippen molar-refractivity contribution >= 4 is 6.03 Å². The van der Waals surface area contributed by atoms with E-state index in [1.165, 1.54) is 0 Å². The standard InChI is InChI=1S/C9H19N5O/c1-3-14(4-2)9(15)11-7-5-6-8-12-13-10/h3-8H2,1-2H3,(H,11,15). The minimum atomic E-state index is -0.0243. The van der Waals surface area contributed by atoms with Gasteiger partial charge in [0.15, 0.2) is 0 Å². The fourth-order valence-electron chi connectivity index (χ4n) is 1.17. The molecule has 0 aromatic carbocycles. The van der Waals surface area contributed by atoms with Crippen LogP contribution in [0.2, 0.25) is 0 Å². The smallest absolute Gasteiger partial charge is 0.317 e. The molecule has 0 saturated carbocycles. The van der Waals surface area contributed by atoms with Gasteiger partial charge in [0, 0.05) is 31.1 Å². The number of carbonyl (C=O) groups is 1. The second-order valence-corrected chi connectivity index (χ2v) is 3.07. The van der Waals surface area contributed by atoms with Crippen LogP contribution in [-0.4, -0.2) is 37.1 Å². The highest BCUT2D eigenvalue weighted by atomic mass is 16.2. The molecule has 0 aliphatic rings. The molecule has 0 spiro atoms. The lowest BCUT2D eigenvalue weighted by atomic mass is 10.3. The lowest BCUT2D eigenvalue weighted by Crippen LogP contribution is -2.40. The summed E-state index contributed by atoms with van der Waals surface area (Å²) in [4.78, 5) is 15.8. The zero-order chi connectivity index (χ0) is 11.5. The van der Waals surface area contributed by atoms with Gasteiger partial charge in [-0.1, -0.05) is 5.11 Å². The van der Waals surface area contributed by atoms with Crippen LogP contribution in [0.25, 0.3) is 10.4 Å². The number of unbranched alkanes of at least 4 members (excludes halogenated alkanes) is 1. The molecule has 6 heteroatoms. The van der Waals surface area contributed by atoms with Gasteiger partial charge in [-0.25, -0.2) is 4.79 Å². The largest absolute Gasteiger partial charge is 0.338 e. The second kappa shape index (κ2) is 9.15. The van der Waals surface area contributed by atoms with E-state index in [4.69, 9.17) is 5.53 Å². The molecule has 0 heterocycles. The van der Waals surface area contributed by atoms with Crippen LogP contribution in [0.1, 0.15) is 26.7 Å². The number of amides is 2. The number of azide groups is 1. The maximum absolute atomic E-state index is 11.4. The summed E-state index contributed by atoms with van der Waals surface area (Å²) in [5.41, 5.74) is 8.03. The Balaban J connectivity index is 3.49. The number of rotatable bonds is 7. The third kappa shape index (κ3) is 6.62. The molecular formula is C9H19N5O. The van der Waals surface area contributed by atoms with Gasteiger partial charge in [-0.2, -0.15) is 0 Å². The van der Waals surface area contributed by atoms with E-state index in [9.17, 15) is 4.79 Å². The van der Waals surface area contributed by atoms with E-state index in [0.29, 0.717) is 13.1 Å². The molecule has 0 fully saturated rings. The molecular weight excluding hydrogens is 194 g/mol. The molecule has 0 aromatic rings. The summed E-state index contributed by atoms with van der Waals surface area (Å²) in [7, 11) is 0. The Kier molecular flexibility index (Phi) is 8.28. The molecule has 86 valence electrons. The van der Waals surface area contributed by atoms with Crippen molar-refractivity contribution < 1.29 is 4.79 Å². The van der Waals surface area contributed by atoms with E-state index in [0.717, 1.165) is 25.9 Å². The summed E-state index contributed by atoms with van der Waals surface area (Å²) in [5.74, 6) is 0. The van der Waals surface area contributed by atoms with Gasteiger partial charge in [-0.15, -0.1) is 0 Å². The third-order valence-corrected chi connectivity index (χ3v) is 2.08. The van der Waals surface area contributed by atoms with Crippen molar-refractivity contribution in [2.45, 2.75) is 26.7 Å². The Hall–Kier alpha value is -1.42. The Bertz CT molecular complexity index is 221. The van der Waals surface area contributed by atoms with Crippen LogP contribution in [0.5, 0.6) is 0 Å². The predicted molar refractivity (Wildman–Crippen MR) is 59.6 cm³/mol. The van der Waals surface area contributed by atoms with Gasteiger partial charge in [0.25, 0.3) is 0 Å². The summed E-state index contributed by atoms with van der Waals surface area (Å²) in [6.45, 7) is 6.48. The Morgan fingerprint density at radius 1 is 1.40 bits per heavy atom. The van der Waals surface area contributed by atoms with Crippen molar-refractivity contribution in [3.05, 3.63) is 10.4 Å². The van der Waals surface area contributed by atoms with Crippen molar-refractivity contribution in [1.82, 2.24) is 10.2 Å². The first-order valence-corrected chi connectivity index (χ1v) is 5.29. The van der Waals surface area contributed by atoms with Crippen LogP contribution in [0.3, 0.4) is 0 Å². The van der Waals surface area contributed by atoms with Gasteiger partial charge in [-0.05, 0) is 32.2 Å². The molecule has 0 bridgehead atoms. The SMILES string of the molecule is CCN(CC)C(=O)NCCCCN=[N+]=[N-]. The topological polar surface area (TPSA) is 81.1 Å². The van der Waals surface area contributed by atoms with Crippen molar-refractivity contribution in [1.29, 1.82) is 0 Å². The molecule has 0 saturated heterocycles. The average Bonchev–Trinajstić information content (AvgIpc) is 2.25. The molecule has 15 heavy (non-hydrogen) atoms. The van der Waals surface area contributed by atoms with Crippen molar-refractivity contribution in [3.8, 4) is 0 Å². The van der Waals surface area contributed by atoms with Gasteiger partial charge in [0.05, 0.1) is 0 Å². The zero-order valence-corrected chi connectivity index (χ0v) is 9.44. The first kappa shape index (κ1) is 13.6. The first-order chi connectivity index (χ1) is 7.26. The van der Waals surface area contributed by atoms with Crippen LogP contribution < -0.4 is 5.32 Å². The Morgan fingerprint density at radius 3 is 2.60 bits per heavy atom. The van der Waals surface area contributed by atoms with E-state index < -0.39 is 0 Å². The summed E-state index contributed by atoms with van der Waals surface area (Å²) >= 11 is 0. The van der Waals surface area contributed by atoms with Crippen LogP contribution in [0.15, 0.2) is 5.11 Å². The molecule has 2 amide bonds. The molecule has 0 atom stereocenters. The van der Waals surface area contributed by atoms with E-state index >= 15 is 0 Å². The van der Waals surface area contributed by atoms with Gasteiger partial charge < -0.3 is 10.2 Å². The molecule has 6 nitrogen and oxygen atoms in total. The molecule has 1 N–H and O–H groups in total. The minimum absolute atomic E-state index is 0.0243. The Morgan fingerprint density at radius 2 is 2.07 bits per heavy atom. The zero-order valence-electron chi connectivity index (χ0n) is 9.44. The van der Waals surface area contributed by atoms with Gasteiger partial charge >= 0.3 is 6.03 Å². The van der Waals surface area contributed by atoms with Gasteiger partial charge in [-0.3, -0.25) is 0 Å². The normalized spacial score (nSPS) is 9.20. The van der Waals surface area contributed by atoms with Crippen LogP contribution in [0, 0.1) is 0 Å².